The molecule has 0 atom stereocenters. The van der Waals surface area contributed by atoms with Crippen LogP contribution in [-0.2, 0) is 7.05 Å². The zero-order chi connectivity index (χ0) is 15.1. The first kappa shape index (κ1) is 13.4. The summed E-state index contributed by atoms with van der Waals surface area (Å²) in [4.78, 5) is 21.3. The van der Waals surface area contributed by atoms with Gasteiger partial charge in [0.05, 0.1) is 11.8 Å². The molecule has 4 rings (SSSR count). The summed E-state index contributed by atoms with van der Waals surface area (Å²) in [6, 6.07) is 7.85. The highest BCUT2D eigenvalue weighted by Crippen LogP contribution is 2.33. The van der Waals surface area contributed by atoms with Crippen molar-refractivity contribution in [2.75, 3.05) is 0 Å². The maximum Gasteiger partial charge on any atom is 0.225 e. The van der Waals surface area contributed by atoms with Gasteiger partial charge in [-0.3, -0.25) is 0 Å². The van der Waals surface area contributed by atoms with Gasteiger partial charge in [-0.15, -0.1) is 0 Å². The lowest BCUT2D eigenvalue weighted by atomic mass is 10.2. The Kier molecular flexibility index (Phi) is 3.16. The summed E-state index contributed by atoms with van der Waals surface area (Å²) in [5.41, 5.74) is 2.29. The third kappa shape index (κ3) is 2.18. The van der Waals surface area contributed by atoms with Crippen LogP contribution in [0.3, 0.4) is 0 Å². The molecule has 0 bridgehead atoms. The fourth-order valence-electron chi connectivity index (χ4n) is 2.22. The van der Waals surface area contributed by atoms with Crippen LogP contribution in [0, 0.1) is 0 Å². The number of nitrogens with zero attached hydrogens (tertiary/aromatic N) is 6. The van der Waals surface area contributed by atoms with E-state index in [1.807, 2.05) is 35.9 Å². The fourth-order valence-corrected chi connectivity index (χ4v) is 3.46. The highest BCUT2D eigenvalue weighted by atomic mass is 35.5. The number of hydrogen-bond donors (Lipinski definition) is 0. The fraction of sp³-hybridized carbons (Fsp3) is 0.0714. The third-order valence-electron chi connectivity index (χ3n) is 3.21. The van der Waals surface area contributed by atoms with Crippen molar-refractivity contribution in [3.63, 3.8) is 0 Å². The molecule has 6 nitrogen and oxygen atoms in total. The minimum Gasteiger partial charge on any atom is -0.330 e. The Bertz CT molecular complexity index is 994. The molecule has 3 heterocycles. The molecule has 0 aliphatic rings. The summed E-state index contributed by atoms with van der Waals surface area (Å²) >= 11 is 7.43. The molecule has 0 aliphatic heterocycles. The minimum absolute atomic E-state index is 0.173. The van der Waals surface area contributed by atoms with Crippen molar-refractivity contribution in [1.29, 1.82) is 0 Å². The van der Waals surface area contributed by atoms with Gasteiger partial charge in [0.1, 0.15) is 21.9 Å². The molecule has 0 spiro atoms. The van der Waals surface area contributed by atoms with Crippen molar-refractivity contribution >= 4 is 45.4 Å². The average molecular weight is 329 g/mol. The van der Waals surface area contributed by atoms with Crippen molar-refractivity contribution in [3.05, 3.63) is 42.2 Å². The third-order valence-corrected chi connectivity index (χ3v) is 4.38. The van der Waals surface area contributed by atoms with Gasteiger partial charge in [-0.05, 0) is 29.4 Å². The predicted molar refractivity (Wildman–Crippen MR) is 85.0 cm³/mol. The van der Waals surface area contributed by atoms with Crippen LogP contribution in [0.4, 0.5) is 0 Å². The zero-order valence-electron chi connectivity index (χ0n) is 11.4. The molecule has 8 heteroatoms. The van der Waals surface area contributed by atoms with Gasteiger partial charge in [0.2, 0.25) is 5.28 Å². The Balaban J connectivity index is 1.91. The monoisotopic (exact) mass is 328 g/mol. The van der Waals surface area contributed by atoms with Crippen molar-refractivity contribution in [3.8, 4) is 0 Å². The lowest BCUT2D eigenvalue weighted by Gasteiger charge is -2.06. The van der Waals surface area contributed by atoms with Gasteiger partial charge in [0.25, 0.3) is 0 Å². The van der Waals surface area contributed by atoms with Gasteiger partial charge in [0.15, 0.2) is 5.65 Å². The summed E-state index contributed by atoms with van der Waals surface area (Å²) in [5.74, 6) is 0. The Hall–Kier alpha value is -2.25. The second-order valence-electron chi connectivity index (χ2n) is 4.62. The highest BCUT2D eigenvalue weighted by Gasteiger charge is 2.14. The lowest BCUT2D eigenvalue weighted by Crippen LogP contribution is -1.94. The van der Waals surface area contributed by atoms with Crippen LogP contribution in [0.25, 0.3) is 22.1 Å². The molecule has 108 valence electrons. The number of benzene rings is 1. The number of fused-ring (bicyclic) bond motifs is 2. The maximum atomic E-state index is 6.00. The highest BCUT2D eigenvalue weighted by molar-refractivity contribution is 7.99. The van der Waals surface area contributed by atoms with Crippen molar-refractivity contribution < 1.29 is 0 Å². The minimum atomic E-state index is 0.173. The molecule has 0 radical (unpaired) electrons. The molecule has 0 saturated carbocycles. The van der Waals surface area contributed by atoms with Crippen molar-refractivity contribution in [2.45, 2.75) is 10.1 Å². The van der Waals surface area contributed by atoms with Crippen molar-refractivity contribution in [1.82, 2.24) is 29.5 Å². The molecule has 4 aromatic rings. The number of para-hydroxylation sites is 1. The standard InChI is InChI=1S/C14H9ClN6S/c1-21-7-18-11-10(21)13(20-14(15)19-11)22-12-8-4-2-3-5-9(8)16-6-17-12/h2-7H,1H3. The van der Waals surface area contributed by atoms with E-state index in [0.717, 1.165) is 26.5 Å². The molecular formula is C14H9ClN6S. The van der Waals surface area contributed by atoms with E-state index in [4.69, 9.17) is 11.6 Å². The van der Waals surface area contributed by atoms with E-state index < -0.39 is 0 Å². The molecular weight excluding hydrogens is 320 g/mol. The van der Waals surface area contributed by atoms with E-state index in [-0.39, 0.29) is 5.28 Å². The molecule has 0 amide bonds. The Morgan fingerprint density at radius 1 is 1.05 bits per heavy atom. The van der Waals surface area contributed by atoms with Gasteiger partial charge >= 0.3 is 0 Å². The van der Waals surface area contributed by atoms with Crippen LogP contribution in [0.1, 0.15) is 0 Å². The summed E-state index contributed by atoms with van der Waals surface area (Å²) in [5, 5.41) is 2.69. The van der Waals surface area contributed by atoms with Gasteiger partial charge in [-0.1, -0.05) is 18.2 Å². The molecule has 0 aliphatic carbocycles. The average Bonchev–Trinajstić information content (AvgIpc) is 2.89. The molecule has 0 N–H and O–H groups in total. The predicted octanol–water partition coefficient (Wildman–Crippen LogP) is 3.11. The first-order valence-corrected chi connectivity index (χ1v) is 7.64. The number of rotatable bonds is 2. The molecule has 1 aromatic carbocycles. The Labute approximate surface area is 134 Å². The van der Waals surface area contributed by atoms with Crippen LogP contribution in [0.2, 0.25) is 5.28 Å². The summed E-state index contributed by atoms with van der Waals surface area (Å²) in [6.07, 6.45) is 3.24. The first-order valence-electron chi connectivity index (χ1n) is 6.44. The number of aryl methyl sites for hydroxylation is 1. The smallest absolute Gasteiger partial charge is 0.225 e. The van der Waals surface area contributed by atoms with E-state index in [1.54, 1.807) is 12.7 Å². The van der Waals surface area contributed by atoms with Crippen molar-refractivity contribution in [2.24, 2.45) is 7.05 Å². The molecule has 22 heavy (non-hydrogen) atoms. The van der Waals surface area contributed by atoms with Gasteiger partial charge in [-0.2, -0.15) is 4.98 Å². The lowest BCUT2D eigenvalue weighted by molar-refractivity contribution is 0.924. The summed E-state index contributed by atoms with van der Waals surface area (Å²) in [7, 11) is 1.90. The Morgan fingerprint density at radius 3 is 2.82 bits per heavy atom. The maximum absolute atomic E-state index is 6.00. The topological polar surface area (TPSA) is 69.4 Å². The van der Waals surface area contributed by atoms with Crippen LogP contribution in [0.5, 0.6) is 0 Å². The SMILES string of the molecule is Cn1cnc2nc(Cl)nc(Sc3ncnc4ccccc34)c21. The van der Waals surface area contributed by atoms with Gasteiger partial charge < -0.3 is 4.57 Å². The van der Waals surface area contributed by atoms with Crippen LogP contribution < -0.4 is 0 Å². The summed E-state index contributed by atoms with van der Waals surface area (Å²) in [6.45, 7) is 0. The second-order valence-corrected chi connectivity index (χ2v) is 5.94. The molecule has 0 saturated heterocycles. The number of hydrogen-bond acceptors (Lipinski definition) is 6. The quantitative estimate of drug-likeness (QED) is 0.416. The van der Waals surface area contributed by atoms with Gasteiger partial charge in [0, 0.05) is 12.4 Å². The van der Waals surface area contributed by atoms with E-state index in [1.165, 1.54) is 11.8 Å². The number of imidazole rings is 1. The molecule has 0 unspecified atom stereocenters. The first-order chi connectivity index (χ1) is 10.7. The molecule has 3 aromatic heterocycles. The summed E-state index contributed by atoms with van der Waals surface area (Å²) < 4.78 is 1.87. The van der Waals surface area contributed by atoms with Crippen LogP contribution >= 0.6 is 23.4 Å². The van der Waals surface area contributed by atoms with Crippen LogP contribution in [0.15, 0.2) is 47.0 Å². The largest absolute Gasteiger partial charge is 0.330 e. The van der Waals surface area contributed by atoms with E-state index in [0.29, 0.717) is 5.65 Å². The zero-order valence-corrected chi connectivity index (χ0v) is 13.0. The van der Waals surface area contributed by atoms with Gasteiger partial charge in [-0.25, -0.2) is 19.9 Å². The number of aromatic nitrogens is 6. The van der Waals surface area contributed by atoms with E-state index in [2.05, 4.69) is 24.9 Å². The number of halogens is 1. The molecule has 0 fully saturated rings. The van der Waals surface area contributed by atoms with E-state index >= 15 is 0 Å². The second kappa shape index (κ2) is 5.19. The normalized spacial score (nSPS) is 11.4. The van der Waals surface area contributed by atoms with E-state index in [9.17, 15) is 0 Å². The Morgan fingerprint density at radius 2 is 1.91 bits per heavy atom. The van der Waals surface area contributed by atoms with Crippen LogP contribution in [-0.4, -0.2) is 29.5 Å².